The van der Waals surface area contributed by atoms with Crippen LogP contribution in [0, 0.1) is 0 Å². The van der Waals surface area contributed by atoms with E-state index in [1.54, 1.807) is 19.2 Å². The minimum atomic E-state index is -0.622. The normalized spacial score (nSPS) is 11.0. The average Bonchev–Trinajstić information content (AvgIpc) is 3.40. The summed E-state index contributed by atoms with van der Waals surface area (Å²) in [6.07, 6.45) is -0.0356. The van der Waals surface area contributed by atoms with Gasteiger partial charge in [0.05, 0.1) is 30.5 Å². The summed E-state index contributed by atoms with van der Waals surface area (Å²) in [5.41, 5.74) is 1.27. The molecule has 0 saturated carbocycles. The standard InChI is InChI=1S/C20H16ClN3O5S/c1-27-14-5-4-12-9-13(18(21)22-15(12)10-14)11-28-17(25)6-7-24-20(26)29-19(23-24)16-3-2-8-30-16/h2-5,8-10H,6-7,11H2,1H3. The van der Waals surface area contributed by atoms with Gasteiger partial charge in [-0.05, 0) is 29.6 Å². The topological polar surface area (TPSA) is 96.5 Å². The number of methoxy groups -OCH3 is 1. The molecular weight excluding hydrogens is 430 g/mol. The highest BCUT2D eigenvalue weighted by molar-refractivity contribution is 7.13. The molecule has 1 aromatic carbocycles. The molecule has 10 heteroatoms. The lowest BCUT2D eigenvalue weighted by Crippen LogP contribution is -2.19. The van der Waals surface area contributed by atoms with E-state index in [1.807, 2.05) is 29.6 Å². The first kappa shape index (κ1) is 20.1. The lowest BCUT2D eigenvalue weighted by molar-refractivity contribution is -0.145. The largest absolute Gasteiger partial charge is 0.497 e. The van der Waals surface area contributed by atoms with Gasteiger partial charge in [0.1, 0.15) is 17.5 Å². The van der Waals surface area contributed by atoms with E-state index in [1.165, 1.54) is 11.3 Å². The molecular formula is C20H16ClN3O5S. The molecule has 0 amide bonds. The van der Waals surface area contributed by atoms with Gasteiger partial charge in [0.15, 0.2) is 0 Å². The number of aromatic nitrogens is 3. The van der Waals surface area contributed by atoms with Gasteiger partial charge in [-0.3, -0.25) is 4.79 Å². The molecule has 3 aromatic heterocycles. The summed E-state index contributed by atoms with van der Waals surface area (Å²) in [6.45, 7) is 0.0246. The number of hydrogen-bond donors (Lipinski definition) is 0. The van der Waals surface area contributed by atoms with Crippen molar-refractivity contribution in [2.75, 3.05) is 7.11 Å². The zero-order chi connectivity index (χ0) is 21.1. The number of esters is 1. The van der Waals surface area contributed by atoms with Crippen molar-refractivity contribution in [3.63, 3.8) is 0 Å². The first-order valence-corrected chi connectivity index (χ1v) is 10.2. The molecule has 0 N–H and O–H groups in total. The maximum Gasteiger partial charge on any atom is 0.437 e. The lowest BCUT2D eigenvalue weighted by Gasteiger charge is -2.08. The smallest absolute Gasteiger partial charge is 0.437 e. The van der Waals surface area contributed by atoms with Crippen molar-refractivity contribution in [1.29, 1.82) is 0 Å². The van der Waals surface area contributed by atoms with E-state index < -0.39 is 11.7 Å². The molecule has 0 aliphatic heterocycles. The highest BCUT2D eigenvalue weighted by Gasteiger charge is 2.14. The summed E-state index contributed by atoms with van der Waals surface area (Å²) < 4.78 is 16.7. The first-order valence-electron chi connectivity index (χ1n) is 8.94. The summed E-state index contributed by atoms with van der Waals surface area (Å²) >= 11 is 7.62. The molecule has 3 heterocycles. The Labute approximate surface area is 179 Å². The number of benzene rings is 1. The van der Waals surface area contributed by atoms with Gasteiger partial charge >= 0.3 is 11.7 Å². The zero-order valence-corrected chi connectivity index (χ0v) is 17.4. The second-order valence-corrected chi connectivity index (χ2v) is 7.59. The molecule has 4 rings (SSSR count). The number of nitrogens with zero attached hydrogens (tertiary/aromatic N) is 3. The Kier molecular flexibility index (Phi) is 5.82. The molecule has 0 fully saturated rings. The molecule has 4 aromatic rings. The van der Waals surface area contributed by atoms with Crippen LogP contribution in [0.2, 0.25) is 5.15 Å². The van der Waals surface area contributed by atoms with Crippen molar-refractivity contribution in [3.05, 3.63) is 63.0 Å². The van der Waals surface area contributed by atoms with Crippen LogP contribution in [0.1, 0.15) is 12.0 Å². The molecule has 8 nitrogen and oxygen atoms in total. The highest BCUT2D eigenvalue weighted by atomic mass is 35.5. The predicted molar refractivity (Wildman–Crippen MR) is 112 cm³/mol. The predicted octanol–water partition coefficient (Wildman–Crippen LogP) is 3.91. The molecule has 0 aliphatic rings. The minimum Gasteiger partial charge on any atom is -0.497 e. The fourth-order valence-corrected chi connectivity index (χ4v) is 3.61. The molecule has 0 saturated heterocycles. The van der Waals surface area contributed by atoms with Gasteiger partial charge in [-0.15, -0.1) is 16.4 Å². The van der Waals surface area contributed by atoms with E-state index >= 15 is 0 Å². The molecule has 0 unspecified atom stereocenters. The highest BCUT2D eigenvalue weighted by Crippen LogP contribution is 2.25. The van der Waals surface area contributed by atoms with Gasteiger partial charge < -0.3 is 13.9 Å². The average molecular weight is 446 g/mol. The van der Waals surface area contributed by atoms with Crippen LogP contribution >= 0.6 is 22.9 Å². The van der Waals surface area contributed by atoms with Crippen LogP contribution < -0.4 is 10.5 Å². The number of rotatable bonds is 7. The Balaban J connectivity index is 1.37. The maximum absolute atomic E-state index is 12.1. The summed E-state index contributed by atoms with van der Waals surface area (Å²) in [6, 6.07) is 10.9. The van der Waals surface area contributed by atoms with Crippen LogP contribution in [-0.4, -0.2) is 27.8 Å². The molecule has 154 valence electrons. The SMILES string of the molecule is COc1ccc2cc(COC(=O)CCn3nc(-c4cccs4)oc3=O)c(Cl)nc2c1. The van der Waals surface area contributed by atoms with Crippen LogP contribution in [0.25, 0.3) is 21.7 Å². The van der Waals surface area contributed by atoms with Crippen LogP contribution in [0.15, 0.2) is 51.0 Å². The molecule has 0 radical (unpaired) electrons. The fourth-order valence-electron chi connectivity index (χ4n) is 2.77. The Morgan fingerprint density at radius 1 is 1.30 bits per heavy atom. The van der Waals surface area contributed by atoms with Gasteiger partial charge in [-0.25, -0.2) is 9.78 Å². The van der Waals surface area contributed by atoms with Gasteiger partial charge in [0, 0.05) is 17.0 Å². The molecule has 0 spiro atoms. The number of ether oxygens (including phenoxy) is 2. The number of aryl methyl sites for hydroxylation is 1. The number of pyridine rings is 1. The van der Waals surface area contributed by atoms with E-state index in [-0.39, 0.29) is 30.6 Å². The summed E-state index contributed by atoms with van der Waals surface area (Å²) in [5, 5.41) is 7.06. The maximum atomic E-state index is 12.1. The fraction of sp³-hybridized carbons (Fsp3) is 0.200. The van der Waals surface area contributed by atoms with Crippen molar-refractivity contribution >= 4 is 39.8 Å². The van der Waals surface area contributed by atoms with Crippen molar-refractivity contribution < 1.29 is 18.7 Å². The number of halogens is 1. The van der Waals surface area contributed by atoms with E-state index in [4.69, 9.17) is 25.5 Å². The van der Waals surface area contributed by atoms with Gasteiger partial charge in [-0.2, -0.15) is 4.68 Å². The van der Waals surface area contributed by atoms with Gasteiger partial charge in [0.25, 0.3) is 5.89 Å². The van der Waals surface area contributed by atoms with Crippen molar-refractivity contribution in [2.45, 2.75) is 19.6 Å². The molecule has 0 aliphatic carbocycles. The van der Waals surface area contributed by atoms with E-state index in [0.29, 0.717) is 16.8 Å². The summed E-state index contributed by atoms with van der Waals surface area (Å²) in [5.74, 6) is -0.207. The quantitative estimate of drug-likeness (QED) is 0.314. The van der Waals surface area contributed by atoms with Crippen LogP contribution in [0.4, 0.5) is 0 Å². The summed E-state index contributed by atoms with van der Waals surface area (Å²) in [4.78, 5) is 29.1. The molecule has 0 bridgehead atoms. The third-order valence-electron chi connectivity index (χ3n) is 4.31. The second kappa shape index (κ2) is 8.68. The number of fused-ring (bicyclic) bond motifs is 1. The van der Waals surface area contributed by atoms with Crippen LogP contribution in [0.3, 0.4) is 0 Å². The van der Waals surface area contributed by atoms with Crippen molar-refractivity contribution in [1.82, 2.24) is 14.8 Å². The number of carbonyl (C=O) groups excluding carboxylic acids is 1. The lowest BCUT2D eigenvalue weighted by atomic mass is 10.1. The Morgan fingerprint density at radius 2 is 2.17 bits per heavy atom. The summed E-state index contributed by atoms with van der Waals surface area (Å²) in [7, 11) is 1.58. The van der Waals surface area contributed by atoms with Crippen LogP contribution in [0.5, 0.6) is 5.75 Å². The first-order chi connectivity index (χ1) is 14.5. The molecule has 0 atom stereocenters. The van der Waals surface area contributed by atoms with E-state index in [9.17, 15) is 9.59 Å². The minimum absolute atomic E-state index is 0.0270. The number of hydrogen-bond acceptors (Lipinski definition) is 8. The van der Waals surface area contributed by atoms with Crippen molar-refractivity contribution in [2.24, 2.45) is 0 Å². The van der Waals surface area contributed by atoms with E-state index in [0.717, 1.165) is 14.9 Å². The second-order valence-electron chi connectivity index (χ2n) is 6.28. The Bertz CT molecular complexity index is 1250. The zero-order valence-electron chi connectivity index (χ0n) is 15.8. The Morgan fingerprint density at radius 3 is 2.93 bits per heavy atom. The third-order valence-corrected chi connectivity index (χ3v) is 5.49. The third kappa shape index (κ3) is 4.37. The number of carbonyl (C=O) groups is 1. The monoisotopic (exact) mass is 445 g/mol. The van der Waals surface area contributed by atoms with Gasteiger partial charge in [-0.1, -0.05) is 17.7 Å². The van der Waals surface area contributed by atoms with Gasteiger partial charge in [0.2, 0.25) is 0 Å². The van der Waals surface area contributed by atoms with Crippen molar-refractivity contribution in [3.8, 4) is 16.5 Å². The van der Waals surface area contributed by atoms with E-state index in [2.05, 4.69) is 10.1 Å². The molecule has 30 heavy (non-hydrogen) atoms. The number of thiophene rings is 1. The Hall–Kier alpha value is -3.17. The van der Waals surface area contributed by atoms with Crippen LogP contribution in [-0.2, 0) is 22.7 Å².